The highest BCUT2D eigenvalue weighted by atomic mass is 35.5. The Bertz CT molecular complexity index is 1180. The zero-order chi connectivity index (χ0) is 19.9. The molecule has 0 saturated heterocycles. The number of aryl methyl sites for hydroxylation is 1. The molecule has 0 fully saturated rings. The molecule has 0 N–H and O–H groups in total. The molecular weight excluding hydrogens is 396 g/mol. The number of rotatable bonds is 3. The summed E-state index contributed by atoms with van der Waals surface area (Å²) >= 11 is 6.05. The molecule has 0 aliphatic carbocycles. The van der Waals surface area contributed by atoms with Gasteiger partial charge in [-0.15, -0.1) is 0 Å². The lowest BCUT2D eigenvalue weighted by Gasteiger charge is -2.36. The van der Waals surface area contributed by atoms with Gasteiger partial charge >= 0.3 is 6.03 Å². The van der Waals surface area contributed by atoms with Gasteiger partial charge in [-0.1, -0.05) is 54.1 Å². The van der Waals surface area contributed by atoms with Crippen molar-refractivity contribution in [3.8, 4) is 0 Å². The highest BCUT2D eigenvalue weighted by Gasteiger charge is 2.42. The monoisotopic (exact) mass is 412 g/mol. The van der Waals surface area contributed by atoms with Gasteiger partial charge in [0.25, 0.3) is 10.0 Å². The molecule has 1 aliphatic heterocycles. The van der Waals surface area contributed by atoms with Gasteiger partial charge in [-0.05, 0) is 48.4 Å². The third kappa shape index (κ3) is 3.04. The second-order valence-electron chi connectivity index (χ2n) is 6.51. The van der Waals surface area contributed by atoms with Crippen LogP contribution in [0.15, 0.2) is 77.7 Å². The number of anilines is 2. The molecule has 0 saturated carbocycles. The second kappa shape index (κ2) is 6.96. The Morgan fingerprint density at radius 2 is 1.64 bits per heavy atom. The summed E-state index contributed by atoms with van der Waals surface area (Å²) in [6.45, 7) is 2.22. The number of benzene rings is 3. The zero-order valence-corrected chi connectivity index (χ0v) is 16.6. The molecule has 2 amide bonds. The van der Waals surface area contributed by atoms with Crippen LogP contribution in [-0.4, -0.2) is 14.4 Å². The normalized spacial score (nSPS) is 15.4. The van der Waals surface area contributed by atoms with Gasteiger partial charge < -0.3 is 0 Å². The molecule has 0 aromatic heterocycles. The number of carbonyl (C=O) groups excluding carboxylic acids is 1. The molecule has 3 aromatic rings. The van der Waals surface area contributed by atoms with Crippen molar-refractivity contribution in [3.05, 3.63) is 88.9 Å². The van der Waals surface area contributed by atoms with Gasteiger partial charge in [0.1, 0.15) is 4.90 Å². The van der Waals surface area contributed by atoms with E-state index >= 15 is 0 Å². The van der Waals surface area contributed by atoms with E-state index in [0.29, 0.717) is 10.7 Å². The second-order valence-corrected chi connectivity index (χ2v) is 8.70. The molecule has 3 aromatic carbocycles. The van der Waals surface area contributed by atoms with E-state index in [4.69, 9.17) is 11.6 Å². The number of hydrogen-bond donors (Lipinski definition) is 0. The fourth-order valence-corrected chi connectivity index (χ4v) is 5.04. The molecule has 5 nitrogen and oxygen atoms in total. The van der Waals surface area contributed by atoms with Gasteiger partial charge in [0, 0.05) is 5.02 Å². The average molecular weight is 413 g/mol. The van der Waals surface area contributed by atoms with Gasteiger partial charge in [0.2, 0.25) is 0 Å². The number of urea groups is 1. The molecule has 1 aliphatic rings. The first-order valence-electron chi connectivity index (χ1n) is 8.65. The highest BCUT2D eigenvalue weighted by Crippen LogP contribution is 2.38. The maximum absolute atomic E-state index is 13.4. The van der Waals surface area contributed by atoms with Crippen LogP contribution in [0.1, 0.15) is 11.1 Å². The standard InChI is InChI=1S/C21H17ClN2O3S/c1-15-7-2-3-8-16(15)14-23-19-11-4-5-12-20(19)28(26,27)24(21(23)25)18-10-6-9-17(22)13-18/h2-13H,14H2,1H3. The summed E-state index contributed by atoms with van der Waals surface area (Å²) in [6, 6.07) is 19.9. The fraction of sp³-hybridized carbons (Fsp3) is 0.0952. The van der Waals surface area contributed by atoms with Crippen LogP contribution in [0.5, 0.6) is 0 Å². The first-order chi connectivity index (χ1) is 13.4. The smallest absolute Gasteiger partial charge is 0.287 e. The van der Waals surface area contributed by atoms with Crippen LogP contribution >= 0.6 is 11.6 Å². The Kier molecular flexibility index (Phi) is 4.61. The predicted octanol–water partition coefficient (Wildman–Crippen LogP) is 4.98. The Morgan fingerprint density at radius 3 is 2.39 bits per heavy atom. The SMILES string of the molecule is Cc1ccccc1CN1C(=O)N(c2cccc(Cl)c2)S(=O)(=O)c2ccccc21. The van der Waals surface area contributed by atoms with Crippen LogP contribution in [0.2, 0.25) is 5.02 Å². The minimum absolute atomic E-state index is 0.0863. The van der Waals surface area contributed by atoms with Crippen LogP contribution in [0.3, 0.4) is 0 Å². The summed E-state index contributed by atoms with van der Waals surface area (Å²) in [5.41, 5.74) is 2.54. The van der Waals surface area contributed by atoms with E-state index in [1.165, 1.54) is 17.0 Å². The highest BCUT2D eigenvalue weighted by molar-refractivity contribution is 7.94. The van der Waals surface area contributed by atoms with E-state index in [-0.39, 0.29) is 17.1 Å². The Labute approximate surface area is 168 Å². The summed E-state index contributed by atoms with van der Waals surface area (Å²) in [5, 5.41) is 0.352. The van der Waals surface area contributed by atoms with E-state index in [9.17, 15) is 13.2 Å². The quantitative estimate of drug-likeness (QED) is 0.609. The van der Waals surface area contributed by atoms with Crippen molar-refractivity contribution in [1.82, 2.24) is 0 Å². The number of fused-ring (bicyclic) bond motifs is 1. The van der Waals surface area contributed by atoms with Crippen molar-refractivity contribution in [2.45, 2.75) is 18.4 Å². The maximum Gasteiger partial charge on any atom is 0.343 e. The number of amides is 2. The molecule has 0 bridgehead atoms. The van der Waals surface area contributed by atoms with Crippen molar-refractivity contribution < 1.29 is 13.2 Å². The molecule has 0 unspecified atom stereocenters. The van der Waals surface area contributed by atoms with Crippen LogP contribution in [-0.2, 0) is 16.6 Å². The van der Waals surface area contributed by atoms with Crippen LogP contribution in [0, 0.1) is 6.92 Å². The van der Waals surface area contributed by atoms with E-state index < -0.39 is 16.1 Å². The molecular formula is C21H17ClN2O3S. The predicted molar refractivity (Wildman–Crippen MR) is 110 cm³/mol. The molecule has 142 valence electrons. The number of hydrogen-bond acceptors (Lipinski definition) is 3. The minimum atomic E-state index is -4.05. The first-order valence-corrected chi connectivity index (χ1v) is 10.5. The third-order valence-corrected chi connectivity index (χ3v) is 6.70. The number of halogens is 1. The lowest BCUT2D eigenvalue weighted by atomic mass is 10.1. The summed E-state index contributed by atoms with van der Waals surface area (Å²) in [6.07, 6.45) is 0. The fourth-order valence-electron chi connectivity index (χ4n) is 3.27. The van der Waals surface area contributed by atoms with E-state index in [2.05, 4.69) is 0 Å². The van der Waals surface area contributed by atoms with Gasteiger partial charge in [0.15, 0.2) is 0 Å². The molecule has 0 atom stereocenters. The molecule has 7 heteroatoms. The average Bonchev–Trinajstić information content (AvgIpc) is 2.66. The molecule has 28 heavy (non-hydrogen) atoms. The summed E-state index contributed by atoms with van der Waals surface area (Å²) in [5.74, 6) is 0. The van der Waals surface area contributed by atoms with Crippen LogP contribution < -0.4 is 9.21 Å². The third-order valence-electron chi connectivity index (χ3n) is 4.71. The van der Waals surface area contributed by atoms with Crippen LogP contribution in [0.25, 0.3) is 0 Å². The number of para-hydroxylation sites is 1. The Hall–Kier alpha value is -2.83. The largest absolute Gasteiger partial charge is 0.343 e. The molecule has 0 spiro atoms. The van der Waals surface area contributed by atoms with Crippen molar-refractivity contribution in [2.75, 3.05) is 9.21 Å². The number of carbonyl (C=O) groups is 1. The minimum Gasteiger partial charge on any atom is -0.287 e. The Balaban J connectivity index is 1.89. The molecule has 1 heterocycles. The van der Waals surface area contributed by atoms with Gasteiger partial charge in [-0.2, -0.15) is 4.31 Å². The van der Waals surface area contributed by atoms with Gasteiger partial charge in [0.05, 0.1) is 17.9 Å². The Morgan fingerprint density at radius 1 is 0.929 bits per heavy atom. The summed E-state index contributed by atoms with van der Waals surface area (Å²) in [4.78, 5) is 14.9. The van der Waals surface area contributed by atoms with E-state index in [1.54, 1.807) is 36.4 Å². The van der Waals surface area contributed by atoms with Crippen molar-refractivity contribution in [1.29, 1.82) is 0 Å². The lowest BCUT2D eigenvalue weighted by molar-refractivity contribution is 0.253. The van der Waals surface area contributed by atoms with Crippen molar-refractivity contribution >= 4 is 39.0 Å². The summed E-state index contributed by atoms with van der Waals surface area (Å²) < 4.78 is 27.3. The zero-order valence-electron chi connectivity index (χ0n) is 15.0. The van der Waals surface area contributed by atoms with Crippen LogP contribution in [0.4, 0.5) is 16.2 Å². The summed E-state index contributed by atoms with van der Waals surface area (Å²) in [7, 11) is -4.05. The van der Waals surface area contributed by atoms with Gasteiger partial charge in [-0.25, -0.2) is 13.2 Å². The maximum atomic E-state index is 13.4. The first kappa shape index (κ1) is 18.5. The number of nitrogens with zero attached hydrogens (tertiary/aromatic N) is 2. The van der Waals surface area contributed by atoms with Crippen molar-refractivity contribution in [3.63, 3.8) is 0 Å². The van der Waals surface area contributed by atoms with E-state index in [1.807, 2.05) is 31.2 Å². The van der Waals surface area contributed by atoms with Crippen molar-refractivity contribution in [2.24, 2.45) is 0 Å². The number of sulfonamides is 1. The van der Waals surface area contributed by atoms with E-state index in [0.717, 1.165) is 15.4 Å². The lowest BCUT2D eigenvalue weighted by Crippen LogP contribution is -2.50. The molecule has 4 rings (SSSR count). The molecule has 0 radical (unpaired) electrons. The van der Waals surface area contributed by atoms with Gasteiger partial charge in [-0.3, -0.25) is 4.90 Å². The topological polar surface area (TPSA) is 57.7 Å².